The second-order valence-electron chi connectivity index (χ2n) is 7.64. The number of anilines is 1. The number of rotatable bonds is 5. The third kappa shape index (κ3) is 4.16. The molecule has 2 aromatic heterocycles. The van der Waals surface area contributed by atoms with Crippen LogP contribution >= 0.6 is 0 Å². The van der Waals surface area contributed by atoms with E-state index in [1.54, 1.807) is 19.1 Å². The highest BCUT2D eigenvalue weighted by Crippen LogP contribution is 2.21. The largest absolute Gasteiger partial charge is 0.368 e. The quantitative estimate of drug-likeness (QED) is 0.613. The molecule has 4 rings (SSSR count). The number of carbonyl (C=O) groups is 1. The lowest BCUT2D eigenvalue weighted by molar-refractivity contribution is 0.0958. The number of aromatic amines is 1. The average molecular weight is 443 g/mol. The van der Waals surface area contributed by atoms with Gasteiger partial charge in [-0.25, -0.2) is 9.78 Å². The Morgan fingerprint density at radius 2 is 2.00 bits per heavy atom. The molecule has 3 aromatic rings. The zero-order valence-electron chi connectivity index (χ0n) is 23.6. The highest BCUT2D eigenvalue weighted by Gasteiger charge is 2.20. The van der Waals surface area contributed by atoms with E-state index in [9.17, 15) is 14.4 Å². The number of amides is 1. The molecule has 9 heteroatoms. The van der Waals surface area contributed by atoms with Crippen LogP contribution in [-0.4, -0.2) is 58.5 Å². The van der Waals surface area contributed by atoms with E-state index < -0.39 is 25.4 Å². The van der Waals surface area contributed by atoms with Gasteiger partial charge < -0.3 is 15.2 Å². The second-order valence-corrected chi connectivity index (χ2v) is 7.64. The monoisotopic (exact) mass is 442 g/mol. The van der Waals surface area contributed by atoms with Crippen molar-refractivity contribution in [2.45, 2.75) is 26.9 Å². The Bertz CT molecular complexity index is 1470. The molecular weight excluding hydrogens is 408 g/mol. The van der Waals surface area contributed by atoms with Crippen molar-refractivity contribution in [2.24, 2.45) is 0 Å². The van der Waals surface area contributed by atoms with Crippen LogP contribution in [0.4, 0.5) is 5.69 Å². The van der Waals surface area contributed by atoms with Gasteiger partial charge in [0.15, 0.2) is 0 Å². The van der Waals surface area contributed by atoms with Gasteiger partial charge in [0.2, 0.25) is 0 Å². The molecule has 1 amide bonds. The molecule has 0 bridgehead atoms. The lowest BCUT2D eigenvalue weighted by Gasteiger charge is -2.36. The number of fused-ring (bicyclic) bond motifs is 1. The summed E-state index contributed by atoms with van der Waals surface area (Å²) in [5, 5.41) is 2.27. The number of piperazine rings is 1. The normalized spacial score (nSPS) is 18.2. The van der Waals surface area contributed by atoms with Crippen molar-refractivity contribution in [1.82, 2.24) is 24.8 Å². The van der Waals surface area contributed by atoms with Crippen molar-refractivity contribution in [2.75, 3.05) is 38.1 Å². The number of carbonyl (C=O) groups excluding carboxylic acids is 1. The maximum absolute atomic E-state index is 12.5. The van der Waals surface area contributed by atoms with E-state index in [2.05, 4.69) is 14.9 Å². The fourth-order valence-electron chi connectivity index (χ4n) is 3.99. The molecule has 1 fully saturated rings. The van der Waals surface area contributed by atoms with Crippen molar-refractivity contribution in [3.8, 4) is 0 Å². The molecule has 1 saturated heterocycles. The first-order valence-corrected chi connectivity index (χ1v) is 10.3. The van der Waals surface area contributed by atoms with Crippen LogP contribution in [0.3, 0.4) is 0 Å². The van der Waals surface area contributed by atoms with Gasteiger partial charge in [-0.3, -0.25) is 19.1 Å². The number of hydrogen-bond donors (Lipinski definition) is 2. The van der Waals surface area contributed by atoms with E-state index in [0.29, 0.717) is 49.3 Å². The molecule has 0 aliphatic carbocycles. The molecule has 168 valence electrons. The van der Waals surface area contributed by atoms with Crippen LogP contribution < -0.4 is 21.5 Å². The first-order chi connectivity index (χ1) is 17.8. The summed E-state index contributed by atoms with van der Waals surface area (Å²) in [6, 6.07) is 8.17. The highest BCUT2D eigenvalue weighted by molar-refractivity contribution is 5.92. The Morgan fingerprint density at radius 3 is 2.72 bits per heavy atom. The summed E-state index contributed by atoms with van der Waals surface area (Å²) in [5.74, 6) is -0.975. The zero-order chi connectivity index (χ0) is 27.8. The molecule has 1 aliphatic rings. The molecule has 2 N–H and O–H groups in total. The topological polar surface area (TPSA) is 103 Å². The van der Waals surface area contributed by atoms with E-state index in [1.165, 1.54) is 12.1 Å². The lowest BCUT2D eigenvalue weighted by Crippen LogP contribution is -2.46. The van der Waals surface area contributed by atoms with Gasteiger partial charge in [-0.1, -0.05) is 6.07 Å². The number of nitrogens with one attached hydrogen (secondary N) is 2. The number of aryl methyl sites for hydroxylation is 1. The van der Waals surface area contributed by atoms with Crippen LogP contribution in [0.2, 0.25) is 0 Å². The fraction of sp³-hybridized carbons (Fsp3) is 0.391. The summed E-state index contributed by atoms with van der Waals surface area (Å²) in [4.78, 5) is 47.7. The molecule has 9 nitrogen and oxygen atoms in total. The number of aromatic nitrogens is 3. The number of hydrogen-bond acceptors (Lipinski definition) is 6. The van der Waals surface area contributed by atoms with Gasteiger partial charge in [0.1, 0.15) is 5.69 Å². The van der Waals surface area contributed by atoms with Crippen LogP contribution in [0.5, 0.6) is 0 Å². The number of benzene rings is 1. The molecular formula is C23H28N6O3. The second kappa shape index (κ2) is 8.96. The lowest BCUT2D eigenvalue weighted by atomic mass is 10.1. The van der Waals surface area contributed by atoms with E-state index in [0.717, 1.165) is 10.1 Å². The summed E-state index contributed by atoms with van der Waals surface area (Å²) in [7, 11) is 0. The minimum atomic E-state index is -2.72. The smallest absolute Gasteiger partial charge is 0.328 e. The molecule has 0 spiro atoms. The van der Waals surface area contributed by atoms with Crippen LogP contribution in [0.1, 0.15) is 36.9 Å². The third-order valence-electron chi connectivity index (χ3n) is 5.70. The first-order valence-electron chi connectivity index (χ1n) is 13.3. The van der Waals surface area contributed by atoms with Gasteiger partial charge in [-0.15, -0.1) is 0 Å². The Labute approximate surface area is 194 Å². The van der Waals surface area contributed by atoms with Gasteiger partial charge in [-0.05, 0) is 43.6 Å². The number of H-pyrrole nitrogens is 1. The highest BCUT2D eigenvalue weighted by atomic mass is 16.2. The van der Waals surface area contributed by atoms with E-state index in [-0.39, 0.29) is 23.5 Å². The van der Waals surface area contributed by atoms with E-state index in [4.69, 9.17) is 8.22 Å². The van der Waals surface area contributed by atoms with Crippen molar-refractivity contribution < 1.29 is 13.0 Å². The van der Waals surface area contributed by atoms with Crippen LogP contribution in [-0.2, 0) is 13.1 Å². The standard InChI is InChI=1S/C23H28N6O3/c1-4-29-22(31)17-6-5-16(13-19(17)26-23(29)32)14-27-9-11-28(12-10-27)20-8-7-18(21(30)24-3)25-15(20)2/h5-8,13H,4,9-12,14H2,1-3H3,(H,24,30)(H,26,32)/i2D3,3D3. The first kappa shape index (κ1) is 15.4. The molecule has 1 aromatic carbocycles. The predicted molar refractivity (Wildman–Crippen MR) is 124 cm³/mol. The van der Waals surface area contributed by atoms with Gasteiger partial charge in [0.05, 0.1) is 22.3 Å². The fourth-order valence-corrected chi connectivity index (χ4v) is 3.99. The van der Waals surface area contributed by atoms with Crippen LogP contribution in [0, 0.1) is 6.85 Å². The van der Waals surface area contributed by atoms with Crippen LogP contribution in [0.25, 0.3) is 10.9 Å². The average Bonchev–Trinajstić information content (AvgIpc) is 2.83. The maximum Gasteiger partial charge on any atom is 0.328 e. The summed E-state index contributed by atoms with van der Waals surface area (Å²) in [5.41, 5.74) is 0.450. The molecule has 0 radical (unpaired) electrons. The predicted octanol–water partition coefficient (Wildman–Crippen LogP) is 1.09. The Hall–Kier alpha value is -3.46. The van der Waals surface area contributed by atoms with Crippen LogP contribution in [0.15, 0.2) is 39.9 Å². The molecule has 0 atom stereocenters. The minimum Gasteiger partial charge on any atom is -0.368 e. The molecule has 32 heavy (non-hydrogen) atoms. The zero-order valence-corrected chi connectivity index (χ0v) is 17.6. The van der Waals surface area contributed by atoms with Gasteiger partial charge in [0, 0.05) is 54.5 Å². The SMILES string of the molecule is [2H]C([2H])([2H])NC(=O)c1ccc(N2CCN(Cc3ccc4c(=O)n(CC)c(=O)[nH]c4c3)CC2)c(C([2H])([2H])[2H])n1. The van der Waals surface area contributed by atoms with E-state index in [1.807, 2.05) is 16.3 Å². The van der Waals surface area contributed by atoms with Crippen molar-refractivity contribution in [3.05, 3.63) is 68.1 Å². The summed E-state index contributed by atoms with van der Waals surface area (Å²) in [6.07, 6.45) is 0. The van der Waals surface area contributed by atoms with Gasteiger partial charge in [0.25, 0.3) is 11.5 Å². The molecule has 1 aliphatic heterocycles. The number of nitrogens with zero attached hydrogens (tertiary/aromatic N) is 4. The Kier molecular flexibility index (Phi) is 4.30. The summed E-state index contributed by atoms with van der Waals surface area (Å²) in [6.45, 7) is -0.534. The Morgan fingerprint density at radius 1 is 1.19 bits per heavy atom. The number of pyridine rings is 1. The van der Waals surface area contributed by atoms with E-state index >= 15 is 0 Å². The van der Waals surface area contributed by atoms with Gasteiger partial charge >= 0.3 is 5.69 Å². The third-order valence-corrected chi connectivity index (χ3v) is 5.70. The molecule has 0 saturated carbocycles. The van der Waals surface area contributed by atoms with Crippen molar-refractivity contribution >= 4 is 22.5 Å². The Balaban J connectivity index is 1.49. The maximum atomic E-state index is 12.5. The van der Waals surface area contributed by atoms with Crippen molar-refractivity contribution in [3.63, 3.8) is 0 Å². The molecule has 0 unspecified atom stereocenters. The minimum absolute atomic E-state index is 0.264. The van der Waals surface area contributed by atoms with Crippen molar-refractivity contribution in [1.29, 1.82) is 0 Å². The molecule has 3 heterocycles. The summed E-state index contributed by atoms with van der Waals surface area (Å²) >= 11 is 0. The van der Waals surface area contributed by atoms with Gasteiger partial charge in [-0.2, -0.15) is 0 Å². The summed E-state index contributed by atoms with van der Waals surface area (Å²) < 4.78 is 46.4.